The molecule has 4 rings (SSSR count). The number of sulfonamides is 1. The van der Waals surface area contributed by atoms with E-state index in [4.69, 9.17) is 4.52 Å². The highest BCUT2D eigenvalue weighted by Crippen LogP contribution is 2.34. The van der Waals surface area contributed by atoms with Gasteiger partial charge in [-0.15, -0.1) is 0 Å². The average Bonchev–Trinajstić information content (AvgIpc) is 3.29. The monoisotopic (exact) mass is 440 g/mol. The molecule has 1 unspecified atom stereocenters. The highest BCUT2D eigenvalue weighted by atomic mass is 32.2. The third kappa shape index (κ3) is 5.18. The first kappa shape index (κ1) is 21.2. The number of pyridine rings is 1. The zero-order valence-electron chi connectivity index (χ0n) is 17.0. The Balaban J connectivity index is 1.47. The van der Waals surface area contributed by atoms with E-state index in [1.807, 2.05) is 24.3 Å². The summed E-state index contributed by atoms with van der Waals surface area (Å²) in [5.41, 5.74) is 1.73. The lowest BCUT2D eigenvalue weighted by Gasteiger charge is -2.33. The Kier molecular flexibility index (Phi) is 6.43. The van der Waals surface area contributed by atoms with E-state index in [1.165, 1.54) is 4.31 Å². The van der Waals surface area contributed by atoms with Gasteiger partial charge < -0.3 is 9.84 Å². The molecule has 0 bridgehead atoms. The molecule has 0 radical (unpaired) electrons. The first-order chi connectivity index (χ1) is 15.0. The molecule has 8 nitrogen and oxygen atoms in total. The molecule has 31 heavy (non-hydrogen) atoms. The van der Waals surface area contributed by atoms with Crippen molar-refractivity contribution in [1.82, 2.24) is 19.8 Å². The third-order valence-electron chi connectivity index (χ3n) is 5.27. The Bertz CT molecular complexity index is 1120. The molecule has 3 aromatic rings. The number of carbonyl (C=O) groups excluding carboxylic acids is 1. The van der Waals surface area contributed by atoms with Crippen molar-refractivity contribution < 1.29 is 17.7 Å². The number of piperidine rings is 1. The molecular formula is C22H24N4O4S. The van der Waals surface area contributed by atoms with Crippen LogP contribution < -0.4 is 5.32 Å². The summed E-state index contributed by atoms with van der Waals surface area (Å²) in [4.78, 5) is 16.5. The number of carbonyl (C=O) groups is 1. The van der Waals surface area contributed by atoms with Gasteiger partial charge in [-0.1, -0.05) is 48.0 Å². The summed E-state index contributed by atoms with van der Waals surface area (Å²) in [6, 6.07) is 13.8. The van der Waals surface area contributed by atoms with Crippen molar-refractivity contribution in [2.75, 3.05) is 6.54 Å². The van der Waals surface area contributed by atoms with Gasteiger partial charge in [-0.25, -0.2) is 8.42 Å². The van der Waals surface area contributed by atoms with Crippen LogP contribution in [0.25, 0.3) is 0 Å². The number of hydrogen-bond donors (Lipinski definition) is 1. The van der Waals surface area contributed by atoms with Gasteiger partial charge >= 0.3 is 0 Å². The summed E-state index contributed by atoms with van der Waals surface area (Å²) in [7, 11) is -3.55. The summed E-state index contributed by atoms with van der Waals surface area (Å²) < 4.78 is 33.1. The third-order valence-corrected chi connectivity index (χ3v) is 7.12. The summed E-state index contributed by atoms with van der Waals surface area (Å²) in [6.45, 7) is 0.735. The van der Waals surface area contributed by atoms with Gasteiger partial charge in [-0.2, -0.15) is 4.31 Å². The largest absolute Gasteiger partial charge is 0.359 e. The van der Waals surface area contributed by atoms with Crippen LogP contribution in [0.5, 0.6) is 0 Å². The number of nitrogens with zero attached hydrogens (tertiary/aromatic N) is 3. The molecule has 1 N–H and O–H groups in total. The molecule has 9 heteroatoms. The number of nitrogens with one attached hydrogen (secondary N) is 1. The lowest BCUT2D eigenvalue weighted by Crippen LogP contribution is -2.39. The Hall–Kier alpha value is -3.04. The molecule has 162 valence electrons. The number of benzene rings is 1. The predicted molar refractivity (Wildman–Crippen MR) is 114 cm³/mol. The lowest BCUT2D eigenvalue weighted by atomic mass is 10.0. The summed E-state index contributed by atoms with van der Waals surface area (Å²) in [5, 5.41) is 6.65. The van der Waals surface area contributed by atoms with E-state index >= 15 is 0 Å². The molecular weight excluding hydrogens is 416 g/mol. The topological polar surface area (TPSA) is 105 Å². The Morgan fingerprint density at radius 2 is 1.94 bits per heavy atom. The van der Waals surface area contributed by atoms with Crippen molar-refractivity contribution in [2.45, 2.75) is 37.6 Å². The molecule has 0 aliphatic carbocycles. The Morgan fingerprint density at radius 1 is 1.13 bits per heavy atom. The molecule has 0 spiro atoms. The van der Waals surface area contributed by atoms with Crippen molar-refractivity contribution in [3.05, 3.63) is 83.5 Å². The number of amides is 1. The predicted octanol–water partition coefficient (Wildman–Crippen LogP) is 3.06. The molecule has 2 aromatic heterocycles. The number of aromatic nitrogens is 2. The van der Waals surface area contributed by atoms with Gasteiger partial charge in [0.1, 0.15) is 0 Å². The zero-order chi connectivity index (χ0) is 21.7. The smallest absolute Gasteiger partial charge is 0.273 e. The fourth-order valence-electron chi connectivity index (χ4n) is 3.72. The van der Waals surface area contributed by atoms with Gasteiger partial charge in [0.2, 0.25) is 10.0 Å². The van der Waals surface area contributed by atoms with Crippen molar-refractivity contribution in [2.24, 2.45) is 0 Å². The minimum absolute atomic E-state index is 0.0725. The maximum absolute atomic E-state index is 13.1. The van der Waals surface area contributed by atoms with E-state index in [0.29, 0.717) is 25.3 Å². The van der Waals surface area contributed by atoms with E-state index in [0.717, 1.165) is 24.0 Å². The van der Waals surface area contributed by atoms with Crippen LogP contribution in [-0.4, -0.2) is 35.3 Å². The van der Waals surface area contributed by atoms with Crippen LogP contribution >= 0.6 is 0 Å². The molecule has 1 aliphatic heterocycles. The average molecular weight is 441 g/mol. The van der Waals surface area contributed by atoms with E-state index in [2.05, 4.69) is 15.5 Å². The van der Waals surface area contributed by atoms with Crippen LogP contribution in [0.4, 0.5) is 0 Å². The highest BCUT2D eigenvalue weighted by Gasteiger charge is 2.36. The van der Waals surface area contributed by atoms with E-state index < -0.39 is 16.1 Å². The molecule has 0 saturated carbocycles. The normalized spacial score (nSPS) is 17.4. The molecule has 1 aromatic carbocycles. The van der Waals surface area contributed by atoms with Crippen LogP contribution in [0.2, 0.25) is 0 Å². The first-order valence-corrected chi connectivity index (χ1v) is 11.8. The first-order valence-electron chi connectivity index (χ1n) is 10.2. The van der Waals surface area contributed by atoms with Crippen LogP contribution in [0.3, 0.4) is 0 Å². The van der Waals surface area contributed by atoms with Crippen LogP contribution in [0.1, 0.15) is 52.7 Å². The van der Waals surface area contributed by atoms with E-state index in [9.17, 15) is 13.2 Å². The van der Waals surface area contributed by atoms with Crippen molar-refractivity contribution in [3.63, 3.8) is 0 Å². The number of rotatable bonds is 7. The fourth-order valence-corrected chi connectivity index (χ4v) is 5.50. The summed E-state index contributed by atoms with van der Waals surface area (Å²) in [6.07, 6.45) is 5.63. The maximum atomic E-state index is 13.1. The summed E-state index contributed by atoms with van der Waals surface area (Å²) in [5.74, 6) is -0.0621. The molecule has 1 saturated heterocycles. The molecule has 1 atom stereocenters. The van der Waals surface area contributed by atoms with Crippen molar-refractivity contribution >= 4 is 15.9 Å². The molecule has 1 aliphatic rings. The van der Waals surface area contributed by atoms with E-state index in [1.54, 1.807) is 36.7 Å². The molecule has 3 heterocycles. The lowest BCUT2D eigenvalue weighted by molar-refractivity contribution is 0.0941. The second kappa shape index (κ2) is 9.40. The summed E-state index contributed by atoms with van der Waals surface area (Å²) >= 11 is 0. The van der Waals surface area contributed by atoms with Crippen molar-refractivity contribution in [3.8, 4) is 0 Å². The van der Waals surface area contributed by atoms with E-state index in [-0.39, 0.29) is 17.4 Å². The standard InChI is InChI=1S/C22H24N4O4S/c27-22(24-15-18-9-6-11-23-14-18)19-13-21(30-25-19)20-10-4-5-12-26(20)31(28,29)16-17-7-2-1-3-8-17/h1-3,6-9,11,13-14,20H,4-5,10,12,15-16H2,(H,24,27). The maximum Gasteiger partial charge on any atom is 0.273 e. The van der Waals surface area contributed by atoms with Crippen LogP contribution in [0.15, 0.2) is 65.4 Å². The number of hydrogen-bond acceptors (Lipinski definition) is 6. The quantitative estimate of drug-likeness (QED) is 0.605. The van der Waals surface area contributed by atoms with Gasteiger partial charge in [-0.05, 0) is 30.0 Å². The molecule has 1 amide bonds. The molecule has 1 fully saturated rings. The van der Waals surface area contributed by atoms with Crippen molar-refractivity contribution in [1.29, 1.82) is 0 Å². The van der Waals surface area contributed by atoms with Crippen LogP contribution in [0, 0.1) is 0 Å². The SMILES string of the molecule is O=C(NCc1cccnc1)c1cc(C2CCCCN2S(=O)(=O)Cc2ccccc2)on1. The Morgan fingerprint density at radius 3 is 2.71 bits per heavy atom. The van der Waals surface area contributed by atoms with Gasteiger partial charge in [0, 0.05) is 31.5 Å². The van der Waals surface area contributed by atoms with Gasteiger partial charge in [0.05, 0.1) is 11.8 Å². The fraction of sp³-hybridized carbons (Fsp3) is 0.318. The van der Waals surface area contributed by atoms with Gasteiger partial charge in [0.15, 0.2) is 11.5 Å². The highest BCUT2D eigenvalue weighted by molar-refractivity contribution is 7.88. The Labute approximate surface area is 181 Å². The minimum atomic E-state index is -3.55. The zero-order valence-corrected chi connectivity index (χ0v) is 17.8. The van der Waals surface area contributed by atoms with Crippen LogP contribution in [-0.2, 0) is 22.3 Å². The second-order valence-corrected chi connectivity index (χ2v) is 9.44. The van der Waals surface area contributed by atoms with Gasteiger partial charge in [-0.3, -0.25) is 9.78 Å². The second-order valence-electron chi connectivity index (χ2n) is 7.52. The van der Waals surface area contributed by atoms with Gasteiger partial charge in [0.25, 0.3) is 5.91 Å². The minimum Gasteiger partial charge on any atom is -0.359 e.